The molecule has 0 radical (unpaired) electrons. The van der Waals surface area contributed by atoms with E-state index in [1.165, 1.54) is 18.2 Å². The zero-order chi connectivity index (χ0) is 19.8. The Balaban J connectivity index is 1.81. The van der Waals surface area contributed by atoms with Gasteiger partial charge in [0.15, 0.2) is 11.5 Å². The third-order valence-corrected chi connectivity index (χ3v) is 8.19. The number of amides is 1. The van der Waals surface area contributed by atoms with Gasteiger partial charge in [0.25, 0.3) is 0 Å². The molecular weight excluding hydrogens is 352 g/mol. The first kappa shape index (κ1) is 18.8. The number of aliphatic hydroxyl groups excluding tert-OH is 1. The van der Waals surface area contributed by atoms with E-state index in [-0.39, 0.29) is 41.9 Å². The van der Waals surface area contributed by atoms with Crippen molar-refractivity contribution in [2.75, 3.05) is 7.05 Å². The van der Waals surface area contributed by atoms with Crippen LogP contribution in [0.15, 0.2) is 23.8 Å². The van der Waals surface area contributed by atoms with Crippen molar-refractivity contribution in [2.24, 2.45) is 28.6 Å². The standard InChI is InChI=1S/C21H27F2NO3/c1-19-10-17(26)21(23)14(12(19)4-5-13(19)18(27)24-3)9-16(22)15-8-11(25)6-7-20(15,21)2/h6-8,12-14,16-17,26H,4-5,9-10H2,1-3H3,(H,24,27)/t12?,13?,14?,16-,17?,19?,20?,21-/m0/s1. The van der Waals surface area contributed by atoms with Gasteiger partial charge in [0.2, 0.25) is 5.91 Å². The Hall–Kier alpha value is -1.56. The second kappa shape index (κ2) is 5.72. The maximum absolute atomic E-state index is 16.7. The Bertz CT molecular complexity index is 765. The second-order valence-electron chi connectivity index (χ2n) is 9.19. The Kier molecular flexibility index (Phi) is 3.98. The Labute approximate surface area is 158 Å². The minimum atomic E-state index is -2.06. The first-order valence-electron chi connectivity index (χ1n) is 9.77. The number of hydrogen-bond acceptors (Lipinski definition) is 3. The molecule has 4 nitrogen and oxygen atoms in total. The van der Waals surface area contributed by atoms with Gasteiger partial charge >= 0.3 is 0 Å². The number of fused-ring (bicyclic) bond motifs is 5. The number of alkyl halides is 2. The lowest BCUT2D eigenvalue weighted by molar-refractivity contribution is -0.202. The van der Waals surface area contributed by atoms with E-state index in [9.17, 15) is 14.7 Å². The fraction of sp³-hybridized carbons (Fsp3) is 0.714. The topological polar surface area (TPSA) is 66.4 Å². The number of carbonyl (C=O) groups excluding carboxylic acids is 2. The largest absolute Gasteiger partial charge is 0.390 e. The molecule has 4 rings (SSSR count). The third-order valence-electron chi connectivity index (χ3n) is 8.19. The highest BCUT2D eigenvalue weighted by Gasteiger charge is 2.72. The monoisotopic (exact) mass is 379 g/mol. The molecule has 148 valence electrons. The van der Waals surface area contributed by atoms with Crippen molar-refractivity contribution >= 4 is 11.7 Å². The molecule has 3 fully saturated rings. The van der Waals surface area contributed by atoms with E-state index in [1.807, 2.05) is 6.92 Å². The SMILES string of the molecule is CNC(=O)C1CCC2C3C[C@H](F)C4=CC(=O)C=CC4(C)[C@@]3(F)C(O)CC12C. The van der Waals surface area contributed by atoms with Crippen molar-refractivity contribution in [3.63, 3.8) is 0 Å². The quantitative estimate of drug-likeness (QED) is 0.736. The summed E-state index contributed by atoms with van der Waals surface area (Å²) in [4.78, 5) is 24.2. The number of nitrogens with one attached hydrogen (secondary N) is 1. The van der Waals surface area contributed by atoms with Crippen LogP contribution in [0.5, 0.6) is 0 Å². The highest BCUT2D eigenvalue weighted by atomic mass is 19.1. The fourth-order valence-electron chi connectivity index (χ4n) is 6.81. The Morgan fingerprint density at radius 1 is 1.30 bits per heavy atom. The molecule has 0 heterocycles. The Morgan fingerprint density at radius 2 is 2.00 bits per heavy atom. The minimum absolute atomic E-state index is 0.0587. The lowest BCUT2D eigenvalue weighted by Gasteiger charge is -2.62. The van der Waals surface area contributed by atoms with Crippen LogP contribution in [-0.2, 0) is 9.59 Å². The van der Waals surface area contributed by atoms with Gasteiger partial charge in [-0.3, -0.25) is 9.59 Å². The summed E-state index contributed by atoms with van der Waals surface area (Å²) in [6.07, 6.45) is 2.53. The van der Waals surface area contributed by atoms with E-state index >= 15 is 8.78 Å². The molecule has 1 amide bonds. The molecular formula is C21H27F2NO3. The van der Waals surface area contributed by atoms with Gasteiger partial charge in [-0.15, -0.1) is 0 Å². The zero-order valence-corrected chi connectivity index (χ0v) is 16.0. The van der Waals surface area contributed by atoms with Crippen LogP contribution in [0.3, 0.4) is 0 Å². The number of carbonyl (C=O) groups is 2. The predicted molar refractivity (Wildman–Crippen MR) is 96.2 cm³/mol. The second-order valence-corrected chi connectivity index (χ2v) is 9.19. The molecule has 4 aliphatic rings. The molecule has 6 unspecified atom stereocenters. The van der Waals surface area contributed by atoms with E-state index in [2.05, 4.69) is 5.32 Å². The maximum Gasteiger partial charge on any atom is 0.223 e. The molecule has 0 aliphatic heterocycles. The van der Waals surface area contributed by atoms with E-state index in [0.717, 1.165) is 0 Å². The van der Waals surface area contributed by atoms with E-state index < -0.39 is 34.7 Å². The highest BCUT2D eigenvalue weighted by Crippen LogP contribution is 2.69. The number of aliphatic hydroxyl groups is 1. The van der Waals surface area contributed by atoms with Crippen molar-refractivity contribution in [3.05, 3.63) is 23.8 Å². The molecule has 0 aromatic heterocycles. The summed E-state index contributed by atoms with van der Waals surface area (Å²) in [5.74, 6) is -1.63. The number of allylic oxidation sites excluding steroid dienone is 4. The average Bonchev–Trinajstić information content (AvgIpc) is 2.95. The van der Waals surface area contributed by atoms with Crippen molar-refractivity contribution in [1.82, 2.24) is 5.32 Å². The third kappa shape index (κ3) is 2.16. The van der Waals surface area contributed by atoms with Crippen LogP contribution < -0.4 is 5.32 Å². The average molecular weight is 379 g/mol. The van der Waals surface area contributed by atoms with Gasteiger partial charge in [-0.05, 0) is 61.7 Å². The fourth-order valence-corrected chi connectivity index (χ4v) is 6.81. The number of rotatable bonds is 1. The van der Waals surface area contributed by atoms with Crippen LogP contribution in [0, 0.1) is 28.6 Å². The molecule has 4 aliphatic carbocycles. The van der Waals surface area contributed by atoms with Gasteiger partial charge in [-0.2, -0.15) is 0 Å². The minimum Gasteiger partial charge on any atom is -0.390 e. The predicted octanol–water partition coefficient (Wildman–Crippen LogP) is 2.67. The number of ketones is 1. The summed E-state index contributed by atoms with van der Waals surface area (Å²) in [6.45, 7) is 3.53. The van der Waals surface area contributed by atoms with Crippen LogP contribution in [0.1, 0.15) is 39.5 Å². The highest BCUT2D eigenvalue weighted by molar-refractivity contribution is 6.01. The van der Waals surface area contributed by atoms with E-state index in [0.29, 0.717) is 12.8 Å². The normalized spacial score (nSPS) is 51.1. The molecule has 0 spiro atoms. The van der Waals surface area contributed by atoms with Gasteiger partial charge in [0.05, 0.1) is 6.10 Å². The van der Waals surface area contributed by atoms with Crippen LogP contribution in [0.25, 0.3) is 0 Å². The summed E-state index contributed by atoms with van der Waals surface area (Å²) < 4.78 is 31.9. The van der Waals surface area contributed by atoms with Gasteiger partial charge in [-0.1, -0.05) is 13.0 Å². The number of halogens is 2. The molecule has 0 saturated heterocycles. The first-order valence-corrected chi connectivity index (χ1v) is 9.77. The molecule has 0 aromatic rings. The van der Waals surface area contributed by atoms with Crippen LogP contribution in [0.4, 0.5) is 8.78 Å². The molecule has 0 aromatic carbocycles. The number of hydrogen-bond donors (Lipinski definition) is 2. The summed E-state index contributed by atoms with van der Waals surface area (Å²) in [7, 11) is 1.58. The maximum atomic E-state index is 16.7. The van der Waals surface area contributed by atoms with E-state index in [4.69, 9.17) is 0 Å². The first-order chi connectivity index (χ1) is 12.6. The van der Waals surface area contributed by atoms with Crippen LogP contribution in [-0.4, -0.2) is 41.8 Å². The lowest BCUT2D eigenvalue weighted by Crippen LogP contribution is -2.68. The molecule has 6 heteroatoms. The van der Waals surface area contributed by atoms with Crippen molar-refractivity contribution in [2.45, 2.75) is 57.5 Å². The zero-order valence-electron chi connectivity index (χ0n) is 16.0. The van der Waals surface area contributed by atoms with E-state index in [1.54, 1.807) is 14.0 Å². The van der Waals surface area contributed by atoms with Gasteiger partial charge in [0, 0.05) is 24.3 Å². The van der Waals surface area contributed by atoms with Gasteiger partial charge < -0.3 is 10.4 Å². The Morgan fingerprint density at radius 3 is 2.67 bits per heavy atom. The molecule has 0 bridgehead atoms. The van der Waals surface area contributed by atoms with Crippen molar-refractivity contribution < 1.29 is 23.5 Å². The summed E-state index contributed by atoms with van der Waals surface area (Å²) >= 11 is 0. The lowest BCUT2D eigenvalue weighted by atomic mass is 9.45. The van der Waals surface area contributed by atoms with Gasteiger partial charge in [0.1, 0.15) is 6.17 Å². The van der Waals surface area contributed by atoms with Gasteiger partial charge in [-0.25, -0.2) is 8.78 Å². The van der Waals surface area contributed by atoms with Crippen molar-refractivity contribution in [3.8, 4) is 0 Å². The summed E-state index contributed by atoms with van der Waals surface area (Å²) in [6, 6.07) is 0. The van der Waals surface area contributed by atoms with Crippen molar-refractivity contribution in [1.29, 1.82) is 0 Å². The molecule has 27 heavy (non-hydrogen) atoms. The smallest absolute Gasteiger partial charge is 0.223 e. The summed E-state index contributed by atoms with van der Waals surface area (Å²) in [5.41, 5.74) is -3.84. The molecule has 8 atom stereocenters. The van der Waals surface area contributed by atoms with Crippen LogP contribution >= 0.6 is 0 Å². The van der Waals surface area contributed by atoms with Crippen LogP contribution in [0.2, 0.25) is 0 Å². The molecule has 3 saturated carbocycles. The molecule has 2 N–H and O–H groups in total. The summed E-state index contributed by atoms with van der Waals surface area (Å²) in [5, 5.41) is 13.7.